The van der Waals surface area contributed by atoms with Crippen LogP contribution >= 0.6 is 11.8 Å². The summed E-state index contributed by atoms with van der Waals surface area (Å²) in [7, 11) is 2.98. The third-order valence-electron chi connectivity index (χ3n) is 4.25. The van der Waals surface area contributed by atoms with Crippen LogP contribution in [0.2, 0.25) is 0 Å². The van der Waals surface area contributed by atoms with Gasteiger partial charge in [-0.15, -0.1) is 0 Å². The molecule has 0 aliphatic heterocycles. The molecular formula is C25H31N5O3S. The number of carbonyl (C=O) groups is 2. The predicted octanol–water partition coefficient (Wildman–Crippen LogP) is 3.75. The quantitative estimate of drug-likeness (QED) is 0.0986. The third-order valence-corrected chi connectivity index (χ3v) is 5.27. The van der Waals surface area contributed by atoms with Gasteiger partial charge >= 0.3 is 5.97 Å². The minimum Gasteiger partial charge on any atom is -0.468 e. The molecule has 0 spiro atoms. The summed E-state index contributed by atoms with van der Waals surface area (Å²) in [5.74, 6) is -1.20. The van der Waals surface area contributed by atoms with Gasteiger partial charge in [0.1, 0.15) is 11.0 Å². The van der Waals surface area contributed by atoms with Crippen LogP contribution in [0.1, 0.15) is 24.8 Å². The highest BCUT2D eigenvalue weighted by Crippen LogP contribution is 2.32. The molecule has 34 heavy (non-hydrogen) atoms. The molecule has 1 rings (SSSR count). The zero-order valence-electron chi connectivity index (χ0n) is 19.7. The summed E-state index contributed by atoms with van der Waals surface area (Å²) in [4.78, 5) is 23.9. The summed E-state index contributed by atoms with van der Waals surface area (Å²) in [6.45, 7) is 9.73. The van der Waals surface area contributed by atoms with E-state index >= 15 is 0 Å². The van der Waals surface area contributed by atoms with Crippen molar-refractivity contribution in [2.24, 2.45) is 15.9 Å². The molecule has 0 aliphatic carbocycles. The van der Waals surface area contributed by atoms with Gasteiger partial charge in [0.05, 0.1) is 13.3 Å². The van der Waals surface area contributed by atoms with E-state index in [0.717, 1.165) is 11.1 Å². The summed E-state index contributed by atoms with van der Waals surface area (Å²) in [5, 5.41) is 8.66. The van der Waals surface area contributed by atoms with Crippen LogP contribution in [0.15, 0.2) is 99.7 Å². The van der Waals surface area contributed by atoms with Crippen LogP contribution in [0.5, 0.6) is 0 Å². The van der Waals surface area contributed by atoms with Crippen LogP contribution < -0.4 is 16.6 Å². The smallest absolute Gasteiger partial charge is 0.319 e. The van der Waals surface area contributed by atoms with Crippen molar-refractivity contribution < 1.29 is 14.3 Å². The SMILES string of the molecule is C=C(N)/C=C\C=C(/C)C/C=C(\C=N/NC=O)C(=C)S/C(=N\NC)C(C(=O)OC)c1ccccc1. The second-order valence-corrected chi connectivity index (χ2v) is 8.00. The Labute approximate surface area is 205 Å². The van der Waals surface area contributed by atoms with Gasteiger partial charge in [-0.1, -0.05) is 79.1 Å². The molecule has 1 unspecified atom stereocenters. The van der Waals surface area contributed by atoms with Gasteiger partial charge in [0, 0.05) is 23.2 Å². The summed E-state index contributed by atoms with van der Waals surface area (Å²) in [5.41, 5.74) is 13.4. The first-order chi connectivity index (χ1) is 16.3. The number of ether oxygens (including phenoxy) is 1. The van der Waals surface area contributed by atoms with E-state index in [-0.39, 0.29) is 0 Å². The first-order valence-electron chi connectivity index (χ1n) is 10.3. The molecule has 4 N–H and O–H groups in total. The van der Waals surface area contributed by atoms with Crippen molar-refractivity contribution in [3.63, 3.8) is 0 Å². The average molecular weight is 482 g/mol. The van der Waals surface area contributed by atoms with E-state index in [9.17, 15) is 9.59 Å². The Balaban J connectivity index is 3.25. The van der Waals surface area contributed by atoms with Crippen LogP contribution in [0, 0.1) is 0 Å². The normalized spacial score (nSPS) is 13.6. The molecule has 0 radical (unpaired) electrons. The lowest BCUT2D eigenvalue weighted by Crippen LogP contribution is -2.23. The number of carbonyl (C=O) groups excluding carboxylic acids is 2. The first-order valence-corrected chi connectivity index (χ1v) is 11.1. The number of hydrogen-bond acceptors (Lipinski definition) is 8. The fraction of sp³-hybridized carbons (Fsp3) is 0.200. The van der Waals surface area contributed by atoms with Crippen LogP contribution in [0.4, 0.5) is 0 Å². The van der Waals surface area contributed by atoms with Gasteiger partial charge in [-0.25, -0.2) is 5.43 Å². The Morgan fingerprint density at radius 1 is 1.29 bits per heavy atom. The Morgan fingerprint density at radius 3 is 2.59 bits per heavy atom. The van der Waals surface area contributed by atoms with Crippen molar-refractivity contribution in [1.29, 1.82) is 0 Å². The highest BCUT2D eigenvalue weighted by molar-refractivity contribution is 8.17. The highest BCUT2D eigenvalue weighted by atomic mass is 32.2. The van der Waals surface area contributed by atoms with E-state index in [2.05, 4.69) is 34.2 Å². The van der Waals surface area contributed by atoms with E-state index in [0.29, 0.717) is 34.0 Å². The molecule has 1 amide bonds. The fourth-order valence-electron chi connectivity index (χ4n) is 2.64. The largest absolute Gasteiger partial charge is 0.468 e. The second-order valence-electron chi connectivity index (χ2n) is 6.88. The Bertz CT molecular complexity index is 1010. The standard InChI is InChI=1S/C25H31N5O3S/c1-18(10-9-11-19(2)26)14-15-22(16-28-29-17-31)20(3)34-24(30-27-4)23(25(32)33-5)21-12-7-6-8-13-21/h6-13,15-17,23,27H,2-3,14,26H2,1,4-5H3,(H,29,31)/b11-9-,18-10+,22-15+,28-16-,30-24-. The van der Waals surface area contributed by atoms with Gasteiger partial charge in [0.25, 0.3) is 0 Å². The van der Waals surface area contributed by atoms with Crippen molar-refractivity contribution in [1.82, 2.24) is 10.9 Å². The minimum atomic E-state index is -0.747. The maximum Gasteiger partial charge on any atom is 0.319 e. The van der Waals surface area contributed by atoms with Gasteiger partial charge in [0.15, 0.2) is 0 Å². The van der Waals surface area contributed by atoms with Crippen LogP contribution in [0.25, 0.3) is 0 Å². The molecule has 9 heteroatoms. The number of amides is 1. The molecule has 8 nitrogen and oxygen atoms in total. The van der Waals surface area contributed by atoms with Crippen molar-refractivity contribution >= 4 is 35.4 Å². The number of nitrogens with zero attached hydrogens (tertiary/aromatic N) is 2. The van der Waals surface area contributed by atoms with E-state index in [1.54, 1.807) is 13.1 Å². The van der Waals surface area contributed by atoms with E-state index < -0.39 is 11.9 Å². The van der Waals surface area contributed by atoms with Crippen molar-refractivity contribution in [2.45, 2.75) is 19.3 Å². The summed E-state index contributed by atoms with van der Waals surface area (Å²) in [6, 6.07) is 9.22. The maximum atomic E-state index is 12.7. The van der Waals surface area contributed by atoms with Gasteiger partial charge in [-0.05, 0) is 25.0 Å². The molecule has 0 bridgehead atoms. The highest BCUT2D eigenvalue weighted by Gasteiger charge is 2.29. The zero-order valence-corrected chi connectivity index (χ0v) is 20.5. The molecule has 0 aromatic heterocycles. The number of allylic oxidation sites excluding steroid dienone is 6. The number of hydrogen-bond donors (Lipinski definition) is 3. The van der Waals surface area contributed by atoms with E-state index in [1.807, 2.05) is 55.5 Å². The number of thioether (sulfide) groups is 1. The number of esters is 1. The molecule has 180 valence electrons. The van der Waals surface area contributed by atoms with Crippen molar-refractivity contribution in [3.8, 4) is 0 Å². The maximum absolute atomic E-state index is 12.7. The van der Waals surface area contributed by atoms with E-state index in [4.69, 9.17) is 10.5 Å². The predicted molar refractivity (Wildman–Crippen MR) is 141 cm³/mol. The second kappa shape index (κ2) is 15.9. The fourth-order valence-corrected chi connectivity index (χ4v) is 3.63. The Kier molecular flexibility index (Phi) is 13.2. The van der Waals surface area contributed by atoms with Gasteiger partial charge in [0.2, 0.25) is 6.41 Å². The number of nitrogens with two attached hydrogens (primary N) is 1. The van der Waals surface area contributed by atoms with Crippen LogP contribution in [0.3, 0.4) is 0 Å². The lowest BCUT2D eigenvalue weighted by molar-refractivity contribution is -0.140. The minimum absolute atomic E-state index is 0.449. The topological polar surface area (TPSA) is 118 Å². The summed E-state index contributed by atoms with van der Waals surface area (Å²) >= 11 is 1.21. The molecule has 0 fully saturated rings. The molecular weight excluding hydrogens is 450 g/mol. The molecule has 0 aliphatic rings. The monoisotopic (exact) mass is 481 g/mol. The summed E-state index contributed by atoms with van der Waals surface area (Å²) in [6.07, 6.45) is 9.89. The molecule has 1 atom stereocenters. The van der Waals surface area contributed by atoms with Crippen molar-refractivity contribution in [2.75, 3.05) is 14.2 Å². The van der Waals surface area contributed by atoms with Crippen LogP contribution in [-0.4, -0.2) is 37.8 Å². The molecule has 0 saturated carbocycles. The molecule has 0 saturated heterocycles. The van der Waals surface area contributed by atoms with Crippen molar-refractivity contribution in [3.05, 3.63) is 95.1 Å². The van der Waals surface area contributed by atoms with E-state index in [1.165, 1.54) is 25.1 Å². The number of nitrogens with one attached hydrogen (secondary N) is 2. The number of benzene rings is 1. The molecule has 1 aromatic carbocycles. The average Bonchev–Trinajstić information content (AvgIpc) is 2.81. The Hall–Kier alpha value is -3.85. The summed E-state index contributed by atoms with van der Waals surface area (Å²) < 4.78 is 5.04. The van der Waals surface area contributed by atoms with Gasteiger partial charge in [-0.3, -0.25) is 9.59 Å². The number of rotatable bonds is 13. The third kappa shape index (κ3) is 10.2. The van der Waals surface area contributed by atoms with Gasteiger partial charge < -0.3 is 15.9 Å². The number of hydrazone groups is 2. The molecule has 1 aromatic rings. The first kappa shape index (κ1) is 28.2. The zero-order chi connectivity index (χ0) is 25.3. The lowest BCUT2D eigenvalue weighted by atomic mass is 10.0. The Morgan fingerprint density at radius 2 is 2.00 bits per heavy atom. The van der Waals surface area contributed by atoms with Gasteiger partial charge in [-0.2, -0.15) is 10.2 Å². The molecule has 0 heterocycles. The lowest BCUT2D eigenvalue weighted by Gasteiger charge is -2.18. The van der Waals surface area contributed by atoms with Crippen LogP contribution in [-0.2, 0) is 14.3 Å². The number of methoxy groups -OCH3 is 1.